The molecule has 4 nitrogen and oxygen atoms in total. The molecule has 0 aliphatic heterocycles. The highest BCUT2D eigenvalue weighted by atomic mass is 32.2. The second kappa shape index (κ2) is 4.33. The van der Waals surface area contributed by atoms with Gasteiger partial charge in [0, 0.05) is 12.6 Å². The van der Waals surface area contributed by atoms with E-state index >= 15 is 0 Å². The van der Waals surface area contributed by atoms with Gasteiger partial charge in [-0.2, -0.15) is 0 Å². The molecular weight excluding hydrogens is 248 g/mol. The van der Waals surface area contributed by atoms with Crippen LogP contribution in [0.4, 0.5) is 0 Å². The largest absolute Gasteiger partial charge is 0.326 e. The monoisotopic (exact) mass is 268 g/mol. The average molecular weight is 268 g/mol. The topological polar surface area (TPSA) is 72.2 Å². The van der Waals surface area contributed by atoms with Crippen molar-refractivity contribution in [2.24, 2.45) is 11.1 Å². The van der Waals surface area contributed by atoms with Gasteiger partial charge in [0.25, 0.3) is 0 Å². The fraction of sp³-hybridized carbons (Fsp3) is 0.538. The van der Waals surface area contributed by atoms with Crippen LogP contribution in [0, 0.1) is 12.3 Å². The summed E-state index contributed by atoms with van der Waals surface area (Å²) in [7, 11) is -3.41. The first kappa shape index (κ1) is 13.5. The molecule has 1 atom stereocenters. The van der Waals surface area contributed by atoms with Crippen molar-refractivity contribution in [3.05, 3.63) is 29.3 Å². The van der Waals surface area contributed by atoms with Crippen molar-refractivity contribution in [2.45, 2.75) is 44.7 Å². The molecule has 1 aliphatic rings. The Morgan fingerprint density at radius 2 is 2.06 bits per heavy atom. The zero-order valence-corrected chi connectivity index (χ0v) is 11.8. The van der Waals surface area contributed by atoms with E-state index < -0.39 is 10.0 Å². The van der Waals surface area contributed by atoms with Gasteiger partial charge in [-0.15, -0.1) is 0 Å². The van der Waals surface area contributed by atoms with E-state index in [0.717, 1.165) is 17.5 Å². The van der Waals surface area contributed by atoms with Crippen molar-refractivity contribution in [3.8, 4) is 0 Å². The third kappa shape index (κ3) is 2.58. The summed E-state index contributed by atoms with van der Waals surface area (Å²) in [4.78, 5) is 0.319. The fourth-order valence-electron chi connectivity index (χ4n) is 1.99. The zero-order chi connectivity index (χ0) is 13.6. The second-order valence-corrected chi connectivity index (χ2v) is 7.37. The van der Waals surface area contributed by atoms with Crippen LogP contribution < -0.4 is 10.5 Å². The number of hydrogen-bond donors (Lipinski definition) is 2. The van der Waals surface area contributed by atoms with Crippen LogP contribution in [0.1, 0.15) is 31.4 Å². The molecule has 1 unspecified atom stereocenters. The van der Waals surface area contributed by atoms with E-state index in [1.54, 1.807) is 18.2 Å². The van der Waals surface area contributed by atoms with Gasteiger partial charge in [0.1, 0.15) is 0 Å². The molecule has 1 fully saturated rings. The molecule has 0 radical (unpaired) electrons. The summed E-state index contributed by atoms with van der Waals surface area (Å²) in [5, 5.41) is 0. The minimum absolute atomic E-state index is 0.0528. The van der Waals surface area contributed by atoms with E-state index in [-0.39, 0.29) is 11.5 Å². The number of aryl methyl sites for hydroxylation is 1. The predicted octanol–water partition coefficient (Wildman–Crippen LogP) is 1.53. The van der Waals surface area contributed by atoms with Crippen molar-refractivity contribution >= 4 is 10.0 Å². The van der Waals surface area contributed by atoms with E-state index in [1.807, 2.05) is 6.92 Å². The zero-order valence-electron chi connectivity index (χ0n) is 11.0. The van der Waals surface area contributed by atoms with Crippen molar-refractivity contribution in [3.63, 3.8) is 0 Å². The highest BCUT2D eigenvalue weighted by Crippen LogP contribution is 2.45. The molecule has 2 rings (SSSR count). The molecule has 0 spiro atoms. The number of hydrogen-bond acceptors (Lipinski definition) is 3. The first-order valence-electron chi connectivity index (χ1n) is 6.08. The lowest BCUT2D eigenvalue weighted by atomic mass is 10.1. The van der Waals surface area contributed by atoms with Gasteiger partial charge in [-0.05, 0) is 42.0 Å². The van der Waals surface area contributed by atoms with Gasteiger partial charge in [0.2, 0.25) is 10.0 Å². The van der Waals surface area contributed by atoms with Crippen LogP contribution in [-0.4, -0.2) is 14.5 Å². The number of benzene rings is 1. The number of nitrogens with one attached hydrogen (secondary N) is 1. The Labute approximate surface area is 109 Å². The summed E-state index contributed by atoms with van der Waals surface area (Å²) in [5.74, 6) is 0. The third-order valence-corrected chi connectivity index (χ3v) is 5.12. The molecule has 0 amide bonds. The minimum Gasteiger partial charge on any atom is -0.326 e. The number of sulfonamides is 1. The summed E-state index contributed by atoms with van der Waals surface area (Å²) in [6, 6.07) is 5.13. The van der Waals surface area contributed by atoms with E-state index in [4.69, 9.17) is 5.73 Å². The lowest BCUT2D eigenvalue weighted by molar-refractivity contribution is 0.555. The fourth-order valence-corrected chi connectivity index (χ4v) is 3.48. The molecule has 0 heterocycles. The normalized spacial score (nSPS) is 21.9. The Hall–Kier alpha value is -0.910. The van der Waals surface area contributed by atoms with Crippen molar-refractivity contribution in [1.82, 2.24) is 4.72 Å². The summed E-state index contributed by atoms with van der Waals surface area (Å²) in [6.45, 7) is 6.42. The first-order chi connectivity index (χ1) is 8.26. The van der Waals surface area contributed by atoms with Gasteiger partial charge in [-0.25, -0.2) is 13.1 Å². The van der Waals surface area contributed by atoms with Gasteiger partial charge in [-0.3, -0.25) is 0 Å². The predicted molar refractivity (Wildman–Crippen MR) is 71.6 cm³/mol. The van der Waals surface area contributed by atoms with Gasteiger partial charge >= 0.3 is 0 Å². The van der Waals surface area contributed by atoms with Crippen molar-refractivity contribution in [2.75, 3.05) is 0 Å². The van der Waals surface area contributed by atoms with E-state index in [2.05, 4.69) is 18.6 Å². The molecule has 1 saturated carbocycles. The highest BCUT2D eigenvalue weighted by molar-refractivity contribution is 7.89. The molecule has 1 aromatic carbocycles. The van der Waals surface area contributed by atoms with Gasteiger partial charge in [-0.1, -0.05) is 19.9 Å². The van der Waals surface area contributed by atoms with Crippen LogP contribution in [0.2, 0.25) is 0 Å². The minimum atomic E-state index is -3.41. The molecule has 5 heteroatoms. The standard InChI is InChI=1S/C13H20N2O2S/c1-9-6-11(5-4-10(9)8-14)18(16,17)15-12-7-13(12,2)3/h4-6,12,15H,7-8,14H2,1-3H3. The maximum Gasteiger partial charge on any atom is 0.240 e. The Kier molecular flexibility index (Phi) is 3.25. The van der Waals surface area contributed by atoms with Gasteiger partial charge in [0.05, 0.1) is 4.90 Å². The molecule has 1 aliphatic carbocycles. The summed E-state index contributed by atoms with van der Waals surface area (Å²) in [5.41, 5.74) is 7.54. The molecule has 100 valence electrons. The summed E-state index contributed by atoms with van der Waals surface area (Å²) < 4.78 is 27.1. The molecule has 18 heavy (non-hydrogen) atoms. The van der Waals surface area contributed by atoms with Gasteiger partial charge in [0.15, 0.2) is 0 Å². The molecule has 0 saturated heterocycles. The molecule has 1 aromatic rings. The van der Waals surface area contributed by atoms with Crippen LogP contribution in [0.3, 0.4) is 0 Å². The average Bonchev–Trinajstić information content (AvgIpc) is 2.84. The van der Waals surface area contributed by atoms with Gasteiger partial charge < -0.3 is 5.73 Å². The third-order valence-electron chi connectivity index (χ3n) is 3.66. The lowest BCUT2D eigenvalue weighted by Crippen LogP contribution is -2.28. The molecule has 0 bridgehead atoms. The van der Waals surface area contributed by atoms with Crippen LogP contribution in [0.25, 0.3) is 0 Å². The number of nitrogens with two attached hydrogens (primary N) is 1. The van der Waals surface area contributed by atoms with E-state index in [1.165, 1.54) is 0 Å². The second-order valence-electron chi connectivity index (χ2n) is 5.66. The summed E-state index contributed by atoms with van der Waals surface area (Å²) in [6.07, 6.45) is 0.895. The molecule has 3 N–H and O–H groups in total. The molecular formula is C13H20N2O2S. The van der Waals surface area contributed by atoms with E-state index in [0.29, 0.717) is 11.4 Å². The van der Waals surface area contributed by atoms with Crippen LogP contribution in [0.15, 0.2) is 23.1 Å². The van der Waals surface area contributed by atoms with Crippen molar-refractivity contribution in [1.29, 1.82) is 0 Å². The Balaban J connectivity index is 2.23. The Morgan fingerprint density at radius 1 is 1.44 bits per heavy atom. The van der Waals surface area contributed by atoms with Crippen LogP contribution in [-0.2, 0) is 16.6 Å². The van der Waals surface area contributed by atoms with Crippen LogP contribution in [0.5, 0.6) is 0 Å². The lowest BCUT2D eigenvalue weighted by Gasteiger charge is -2.10. The molecule has 0 aromatic heterocycles. The number of rotatable bonds is 4. The maximum absolute atomic E-state index is 12.2. The SMILES string of the molecule is Cc1cc(S(=O)(=O)NC2CC2(C)C)ccc1CN. The Bertz CT molecular complexity index is 564. The maximum atomic E-state index is 12.2. The van der Waals surface area contributed by atoms with Crippen LogP contribution >= 0.6 is 0 Å². The highest BCUT2D eigenvalue weighted by Gasteiger charge is 2.47. The first-order valence-corrected chi connectivity index (χ1v) is 7.56. The van der Waals surface area contributed by atoms with Crippen molar-refractivity contribution < 1.29 is 8.42 Å². The quantitative estimate of drug-likeness (QED) is 0.870. The Morgan fingerprint density at radius 3 is 2.50 bits per heavy atom. The van der Waals surface area contributed by atoms with E-state index in [9.17, 15) is 8.42 Å². The summed E-state index contributed by atoms with van der Waals surface area (Å²) >= 11 is 0. The smallest absolute Gasteiger partial charge is 0.240 e.